The van der Waals surface area contributed by atoms with Gasteiger partial charge < -0.3 is 5.32 Å². The van der Waals surface area contributed by atoms with Crippen molar-refractivity contribution < 1.29 is 4.79 Å². The molecular weight excluding hydrogens is 276 g/mol. The van der Waals surface area contributed by atoms with Crippen molar-refractivity contribution in [1.29, 1.82) is 0 Å². The number of amides is 1. The zero-order valence-electron chi connectivity index (χ0n) is 12.0. The molecule has 2 rings (SSSR count). The highest BCUT2D eigenvalue weighted by Crippen LogP contribution is 2.17. The van der Waals surface area contributed by atoms with Crippen LogP contribution >= 0.6 is 11.3 Å². The van der Waals surface area contributed by atoms with Gasteiger partial charge in [-0.15, -0.1) is 11.3 Å². The summed E-state index contributed by atoms with van der Waals surface area (Å²) in [6, 6.07) is 0. The number of anilines is 2. The first-order valence-electron chi connectivity index (χ1n) is 6.43. The predicted molar refractivity (Wildman–Crippen MR) is 79.3 cm³/mol. The third-order valence-electron chi connectivity index (χ3n) is 2.59. The molecule has 0 spiro atoms. The molecule has 20 heavy (non-hydrogen) atoms. The Hall–Kier alpha value is -1.96. The number of carbonyl (C=O) groups excluding carboxylic acids is 1. The average molecular weight is 294 g/mol. The Bertz CT molecular complexity index is 603. The Morgan fingerprint density at radius 2 is 2.20 bits per heavy atom. The van der Waals surface area contributed by atoms with Crippen LogP contribution in [0.1, 0.15) is 43.0 Å². The van der Waals surface area contributed by atoms with Crippen LogP contribution in [0.15, 0.2) is 5.38 Å². The van der Waals surface area contributed by atoms with E-state index in [1.165, 1.54) is 11.3 Å². The van der Waals surface area contributed by atoms with Gasteiger partial charge in [-0.1, -0.05) is 13.8 Å². The van der Waals surface area contributed by atoms with E-state index < -0.39 is 0 Å². The monoisotopic (exact) mass is 294 g/mol. The summed E-state index contributed by atoms with van der Waals surface area (Å²) in [4.78, 5) is 20.6. The van der Waals surface area contributed by atoms with Crippen LogP contribution in [0.5, 0.6) is 0 Å². The molecule has 0 saturated carbocycles. The normalized spacial score (nSPS) is 10.8. The lowest BCUT2D eigenvalue weighted by molar-refractivity contribution is 0.102. The zero-order valence-corrected chi connectivity index (χ0v) is 12.8. The molecule has 0 unspecified atom stereocenters. The van der Waals surface area contributed by atoms with Crippen molar-refractivity contribution >= 4 is 28.3 Å². The molecule has 108 valence electrons. The molecule has 2 aromatic heterocycles. The zero-order chi connectivity index (χ0) is 14.7. The predicted octanol–water partition coefficient (Wildman–Crippen LogP) is 2.08. The van der Waals surface area contributed by atoms with Gasteiger partial charge in [0.05, 0.1) is 0 Å². The van der Waals surface area contributed by atoms with Gasteiger partial charge in [0.25, 0.3) is 5.91 Å². The highest BCUT2D eigenvalue weighted by Gasteiger charge is 2.16. The smallest absolute Gasteiger partial charge is 0.277 e. The molecule has 0 aliphatic heterocycles. The van der Waals surface area contributed by atoms with Gasteiger partial charge in [0.2, 0.25) is 5.95 Å². The summed E-state index contributed by atoms with van der Waals surface area (Å²) >= 11 is 1.40. The largest absolute Gasteiger partial charge is 0.362 e. The number of carbonyl (C=O) groups is 1. The van der Waals surface area contributed by atoms with Crippen LogP contribution in [0.4, 0.5) is 11.1 Å². The number of aromatic nitrogens is 4. The maximum Gasteiger partial charge on any atom is 0.277 e. The van der Waals surface area contributed by atoms with E-state index in [-0.39, 0.29) is 11.8 Å². The molecule has 0 radical (unpaired) electrons. The Morgan fingerprint density at radius 3 is 2.80 bits per heavy atom. The SMILES string of the molecule is CCNc1nc(C(=O)Nc2nc(C(C)C)nn2C)cs1. The summed E-state index contributed by atoms with van der Waals surface area (Å²) in [5.41, 5.74) is 0.375. The van der Waals surface area contributed by atoms with E-state index in [4.69, 9.17) is 0 Å². The third-order valence-corrected chi connectivity index (χ3v) is 3.39. The van der Waals surface area contributed by atoms with E-state index in [2.05, 4.69) is 25.7 Å². The van der Waals surface area contributed by atoms with Crippen molar-refractivity contribution in [2.45, 2.75) is 26.7 Å². The van der Waals surface area contributed by atoms with E-state index in [0.717, 1.165) is 11.7 Å². The van der Waals surface area contributed by atoms with Crippen molar-refractivity contribution in [2.75, 3.05) is 17.2 Å². The van der Waals surface area contributed by atoms with Crippen molar-refractivity contribution in [3.8, 4) is 0 Å². The van der Waals surface area contributed by atoms with Crippen LogP contribution in [0, 0.1) is 0 Å². The molecule has 0 atom stereocenters. The number of hydrogen-bond donors (Lipinski definition) is 2. The van der Waals surface area contributed by atoms with E-state index in [0.29, 0.717) is 17.5 Å². The van der Waals surface area contributed by atoms with Crippen LogP contribution in [-0.2, 0) is 7.05 Å². The summed E-state index contributed by atoms with van der Waals surface area (Å²) in [6.07, 6.45) is 0. The number of rotatable bonds is 5. The molecule has 0 bridgehead atoms. The second-order valence-corrected chi connectivity index (χ2v) is 5.45. The second kappa shape index (κ2) is 6.00. The number of hydrogen-bond acceptors (Lipinski definition) is 6. The minimum absolute atomic E-state index is 0.214. The van der Waals surface area contributed by atoms with Gasteiger partial charge in [-0.3, -0.25) is 10.1 Å². The van der Waals surface area contributed by atoms with E-state index >= 15 is 0 Å². The first kappa shape index (κ1) is 14.4. The fourth-order valence-corrected chi connectivity index (χ4v) is 2.30. The molecule has 0 fully saturated rings. The molecule has 2 heterocycles. The molecule has 0 aromatic carbocycles. The number of thiazole rings is 1. The Kier molecular flexibility index (Phi) is 4.33. The van der Waals surface area contributed by atoms with E-state index in [1.807, 2.05) is 20.8 Å². The van der Waals surface area contributed by atoms with Gasteiger partial charge >= 0.3 is 0 Å². The molecule has 1 amide bonds. The number of nitrogens with zero attached hydrogens (tertiary/aromatic N) is 4. The minimum Gasteiger partial charge on any atom is -0.362 e. The fraction of sp³-hybridized carbons (Fsp3) is 0.500. The van der Waals surface area contributed by atoms with Crippen LogP contribution in [0.3, 0.4) is 0 Å². The van der Waals surface area contributed by atoms with Crippen molar-refractivity contribution in [2.24, 2.45) is 7.05 Å². The highest BCUT2D eigenvalue weighted by molar-refractivity contribution is 7.13. The average Bonchev–Trinajstić information content (AvgIpc) is 2.98. The Balaban J connectivity index is 2.10. The number of aryl methyl sites for hydroxylation is 1. The molecule has 8 heteroatoms. The van der Waals surface area contributed by atoms with Crippen LogP contribution < -0.4 is 10.6 Å². The number of nitrogens with one attached hydrogen (secondary N) is 2. The topological polar surface area (TPSA) is 84.7 Å². The third kappa shape index (κ3) is 3.13. The van der Waals surface area contributed by atoms with Crippen LogP contribution in [0.2, 0.25) is 0 Å². The van der Waals surface area contributed by atoms with E-state index in [9.17, 15) is 4.79 Å². The Labute approximate surface area is 121 Å². The highest BCUT2D eigenvalue weighted by atomic mass is 32.1. The first-order valence-corrected chi connectivity index (χ1v) is 7.31. The molecule has 2 aromatic rings. The minimum atomic E-state index is -0.281. The van der Waals surface area contributed by atoms with Crippen molar-refractivity contribution in [3.05, 3.63) is 16.9 Å². The van der Waals surface area contributed by atoms with Crippen molar-refractivity contribution in [3.63, 3.8) is 0 Å². The summed E-state index contributed by atoms with van der Waals surface area (Å²) in [7, 11) is 1.75. The molecule has 0 aliphatic rings. The lowest BCUT2D eigenvalue weighted by Crippen LogP contribution is -2.15. The molecule has 7 nitrogen and oxygen atoms in total. The Morgan fingerprint density at radius 1 is 1.45 bits per heavy atom. The van der Waals surface area contributed by atoms with Crippen LogP contribution in [0.25, 0.3) is 0 Å². The summed E-state index contributed by atoms with van der Waals surface area (Å²) in [5, 5.41) is 12.5. The molecule has 0 saturated heterocycles. The van der Waals surface area contributed by atoms with Crippen molar-refractivity contribution in [1.82, 2.24) is 19.7 Å². The van der Waals surface area contributed by atoms with Gasteiger partial charge in [-0.05, 0) is 6.92 Å². The summed E-state index contributed by atoms with van der Waals surface area (Å²) in [6.45, 7) is 6.76. The standard InChI is InChI=1S/C12H18N6OS/c1-5-13-12-14-8(6-20-12)10(19)16-11-15-9(7(2)3)17-18(11)4/h6-7H,5H2,1-4H3,(H,13,14)(H,15,16,17,19). The molecular formula is C12H18N6OS. The van der Waals surface area contributed by atoms with Gasteiger partial charge in [0.1, 0.15) is 5.69 Å². The van der Waals surface area contributed by atoms with Gasteiger partial charge in [-0.25, -0.2) is 9.67 Å². The maximum absolute atomic E-state index is 12.1. The molecule has 2 N–H and O–H groups in total. The van der Waals surface area contributed by atoms with Gasteiger partial charge in [0.15, 0.2) is 11.0 Å². The quantitative estimate of drug-likeness (QED) is 0.882. The first-order chi connectivity index (χ1) is 9.51. The lowest BCUT2D eigenvalue weighted by Gasteiger charge is -2.00. The maximum atomic E-state index is 12.1. The van der Waals surface area contributed by atoms with E-state index in [1.54, 1.807) is 17.1 Å². The molecule has 0 aliphatic carbocycles. The van der Waals surface area contributed by atoms with Gasteiger partial charge in [0, 0.05) is 24.9 Å². The summed E-state index contributed by atoms with van der Waals surface area (Å²) in [5.74, 6) is 1.06. The van der Waals surface area contributed by atoms with Crippen LogP contribution in [-0.4, -0.2) is 32.2 Å². The second-order valence-electron chi connectivity index (χ2n) is 4.59. The lowest BCUT2D eigenvalue weighted by atomic mass is 10.2. The van der Waals surface area contributed by atoms with Gasteiger partial charge in [-0.2, -0.15) is 10.1 Å². The summed E-state index contributed by atoms with van der Waals surface area (Å²) < 4.78 is 1.56. The fourth-order valence-electron chi connectivity index (χ4n) is 1.53.